The molecule has 1 aliphatic rings. The number of hydrogen-bond acceptors (Lipinski definition) is 2. The Morgan fingerprint density at radius 3 is 2.76 bits per heavy atom. The Morgan fingerprint density at radius 2 is 2.00 bits per heavy atom. The van der Waals surface area contributed by atoms with E-state index in [1.807, 2.05) is 24.3 Å². The topological polar surface area (TPSA) is 38.8 Å². The average Bonchev–Trinajstić information content (AvgIpc) is 3.42. The molecule has 0 spiro atoms. The number of rotatable bonds is 5. The van der Waals surface area contributed by atoms with E-state index in [2.05, 4.69) is 20.9 Å². The van der Waals surface area contributed by atoms with Gasteiger partial charge in [-0.3, -0.25) is 9.20 Å². The predicted octanol–water partition coefficient (Wildman–Crippen LogP) is 2.34. The van der Waals surface area contributed by atoms with Gasteiger partial charge in [0.15, 0.2) is 0 Å². The smallest absolute Gasteiger partial charge is 0.258 e. The van der Waals surface area contributed by atoms with Gasteiger partial charge >= 0.3 is 0 Å². The van der Waals surface area contributed by atoms with Gasteiger partial charge in [-0.15, -0.1) is 0 Å². The number of nitrogens with zero attached hydrogens (tertiary/aromatic N) is 2. The molecule has 0 bridgehead atoms. The number of nitrogens with one attached hydrogen (secondary N) is 1. The van der Waals surface area contributed by atoms with Gasteiger partial charge in [-0.25, -0.2) is 9.37 Å². The maximum atomic E-state index is 14.0. The molecule has 6 heteroatoms. The number of pyridine rings is 1. The monoisotopic (exact) mass is 402 g/mol. The molecule has 128 valence electrons. The maximum absolute atomic E-state index is 14.0. The van der Waals surface area contributed by atoms with Crippen LogP contribution in [0.5, 0.6) is 0 Å². The fourth-order valence-electron chi connectivity index (χ4n) is 3.18. The molecule has 2 heterocycles. The summed E-state index contributed by atoms with van der Waals surface area (Å²) in [5.41, 5.74) is 2.01. The molecule has 0 amide bonds. The first-order valence-electron chi connectivity index (χ1n) is 8.36. The SMILES string of the molecule is O=c1cc(C[NH+](Cc2ccccc2F)C2CC2)nc2ccc(Br)cn12. The predicted molar refractivity (Wildman–Crippen MR) is 97.0 cm³/mol. The molecule has 3 aromatic rings. The van der Waals surface area contributed by atoms with Crippen LogP contribution < -0.4 is 10.5 Å². The molecule has 1 fully saturated rings. The lowest BCUT2D eigenvalue weighted by Gasteiger charge is -2.19. The maximum Gasteiger partial charge on any atom is 0.258 e. The van der Waals surface area contributed by atoms with Gasteiger partial charge < -0.3 is 4.90 Å². The van der Waals surface area contributed by atoms with Crippen LogP contribution in [0.3, 0.4) is 0 Å². The molecule has 0 saturated heterocycles. The van der Waals surface area contributed by atoms with Crippen LogP contribution in [0.4, 0.5) is 4.39 Å². The molecule has 0 aliphatic heterocycles. The summed E-state index contributed by atoms with van der Waals surface area (Å²) in [5.74, 6) is -0.169. The molecule has 1 unspecified atom stereocenters. The third-order valence-corrected chi connectivity index (χ3v) is 5.08. The van der Waals surface area contributed by atoms with E-state index < -0.39 is 0 Å². The second-order valence-corrected chi connectivity index (χ2v) is 7.45. The van der Waals surface area contributed by atoms with E-state index in [1.165, 1.54) is 15.4 Å². The van der Waals surface area contributed by atoms with Gasteiger partial charge in [0.05, 0.1) is 6.04 Å². The fourth-order valence-corrected chi connectivity index (χ4v) is 3.52. The number of aromatic nitrogens is 2. The minimum absolute atomic E-state index is 0.0951. The summed E-state index contributed by atoms with van der Waals surface area (Å²) in [7, 11) is 0. The Morgan fingerprint density at radius 1 is 1.20 bits per heavy atom. The van der Waals surface area contributed by atoms with Crippen LogP contribution in [0.15, 0.2) is 57.9 Å². The Labute approximate surface area is 153 Å². The summed E-state index contributed by atoms with van der Waals surface area (Å²) in [4.78, 5) is 18.2. The van der Waals surface area contributed by atoms with Gasteiger partial charge in [0.1, 0.15) is 30.2 Å². The van der Waals surface area contributed by atoms with Crippen molar-refractivity contribution in [2.75, 3.05) is 0 Å². The van der Waals surface area contributed by atoms with E-state index in [-0.39, 0.29) is 11.4 Å². The quantitative estimate of drug-likeness (QED) is 0.711. The van der Waals surface area contributed by atoms with Crippen molar-refractivity contribution in [3.8, 4) is 0 Å². The van der Waals surface area contributed by atoms with E-state index in [1.54, 1.807) is 18.3 Å². The molecule has 1 atom stereocenters. The van der Waals surface area contributed by atoms with Gasteiger partial charge in [0.25, 0.3) is 5.56 Å². The molecule has 1 N–H and O–H groups in total. The van der Waals surface area contributed by atoms with Crippen molar-refractivity contribution in [2.24, 2.45) is 0 Å². The van der Waals surface area contributed by atoms with Gasteiger partial charge in [-0.2, -0.15) is 0 Å². The Kier molecular flexibility index (Phi) is 4.39. The van der Waals surface area contributed by atoms with Crippen LogP contribution >= 0.6 is 15.9 Å². The Hall–Kier alpha value is -2.05. The fraction of sp³-hybridized carbons (Fsp3) is 0.263. The highest BCUT2D eigenvalue weighted by Gasteiger charge is 2.34. The van der Waals surface area contributed by atoms with Crippen molar-refractivity contribution < 1.29 is 9.29 Å². The lowest BCUT2D eigenvalue weighted by Crippen LogP contribution is -3.10. The molecule has 1 saturated carbocycles. The lowest BCUT2D eigenvalue weighted by atomic mass is 10.2. The summed E-state index contributed by atoms with van der Waals surface area (Å²) in [6.45, 7) is 1.24. The van der Waals surface area contributed by atoms with E-state index in [4.69, 9.17) is 0 Å². The highest BCUT2D eigenvalue weighted by Crippen LogP contribution is 2.17. The van der Waals surface area contributed by atoms with Crippen molar-refractivity contribution in [1.29, 1.82) is 0 Å². The standard InChI is InChI=1S/C19H17BrFN3O/c20-14-5-8-18-22-15(9-19(25)24(18)11-14)12-23(16-6-7-16)10-13-3-1-2-4-17(13)21/h1-5,8-9,11,16H,6-7,10,12H2/p+1. The zero-order chi connectivity index (χ0) is 17.4. The third kappa shape index (κ3) is 3.65. The summed E-state index contributed by atoms with van der Waals surface area (Å²) in [6.07, 6.45) is 4.01. The van der Waals surface area contributed by atoms with E-state index >= 15 is 0 Å². The molecule has 1 aromatic carbocycles. The number of halogens is 2. The number of quaternary nitrogens is 1. The van der Waals surface area contributed by atoms with Crippen LogP contribution in [0.2, 0.25) is 0 Å². The molecular formula is C19H18BrFN3O+. The van der Waals surface area contributed by atoms with E-state index in [0.29, 0.717) is 30.3 Å². The first kappa shape index (κ1) is 16.4. The molecule has 25 heavy (non-hydrogen) atoms. The summed E-state index contributed by atoms with van der Waals surface area (Å²) in [6, 6.07) is 12.7. The van der Waals surface area contributed by atoms with Gasteiger partial charge in [-0.05, 0) is 34.1 Å². The third-order valence-electron chi connectivity index (χ3n) is 4.61. The highest BCUT2D eigenvalue weighted by molar-refractivity contribution is 9.10. The van der Waals surface area contributed by atoms with Gasteiger partial charge in [0.2, 0.25) is 0 Å². The number of benzene rings is 1. The van der Waals surface area contributed by atoms with Crippen LogP contribution in [0, 0.1) is 5.82 Å². The summed E-state index contributed by atoms with van der Waals surface area (Å²) in [5, 5.41) is 0. The normalized spacial score (nSPS) is 15.4. The minimum Gasteiger partial charge on any atom is -0.324 e. The summed E-state index contributed by atoms with van der Waals surface area (Å²) >= 11 is 3.37. The molecule has 0 radical (unpaired) electrons. The number of fused-ring (bicyclic) bond motifs is 1. The van der Waals surface area contributed by atoms with Crippen molar-refractivity contribution >= 4 is 21.6 Å². The zero-order valence-electron chi connectivity index (χ0n) is 13.6. The highest BCUT2D eigenvalue weighted by atomic mass is 79.9. The van der Waals surface area contributed by atoms with Crippen LogP contribution in [0.25, 0.3) is 5.65 Å². The largest absolute Gasteiger partial charge is 0.324 e. The van der Waals surface area contributed by atoms with Crippen molar-refractivity contribution in [3.63, 3.8) is 0 Å². The van der Waals surface area contributed by atoms with E-state index in [0.717, 1.165) is 23.0 Å². The second kappa shape index (κ2) is 6.69. The number of hydrogen-bond donors (Lipinski definition) is 1. The second-order valence-electron chi connectivity index (χ2n) is 6.54. The molecular weight excluding hydrogens is 385 g/mol. The lowest BCUT2D eigenvalue weighted by molar-refractivity contribution is -0.938. The minimum atomic E-state index is -0.169. The molecule has 1 aliphatic carbocycles. The first-order chi connectivity index (χ1) is 12.1. The van der Waals surface area contributed by atoms with Crippen molar-refractivity contribution in [3.05, 3.63) is 80.6 Å². The Balaban J connectivity index is 1.62. The van der Waals surface area contributed by atoms with Crippen LogP contribution in [-0.2, 0) is 13.1 Å². The molecule has 4 rings (SSSR count). The van der Waals surface area contributed by atoms with Crippen LogP contribution in [-0.4, -0.2) is 15.4 Å². The van der Waals surface area contributed by atoms with Gasteiger partial charge in [0, 0.05) is 35.1 Å². The van der Waals surface area contributed by atoms with Crippen LogP contribution in [0.1, 0.15) is 24.1 Å². The molecule has 4 nitrogen and oxygen atoms in total. The van der Waals surface area contributed by atoms with Crippen molar-refractivity contribution in [1.82, 2.24) is 9.38 Å². The summed E-state index contributed by atoms with van der Waals surface area (Å²) < 4.78 is 16.4. The average molecular weight is 403 g/mol. The van der Waals surface area contributed by atoms with Crippen molar-refractivity contribution in [2.45, 2.75) is 32.0 Å². The van der Waals surface area contributed by atoms with Gasteiger partial charge in [-0.1, -0.05) is 18.2 Å². The Bertz CT molecular complexity index is 984. The zero-order valence-corrected chi connectivity index (χ0v) is 15.2. The van der Waals surface area contributed by atoms with E-state index in [9.17, 15) is 9.18 Å². The molecule has 2 aromatic heterocycles. The first-order valence-corrected chi connectivity index (χ1v) is 9.15.